The zero-order valence-electron chi connectivity index (χ0n) is 12.0. The molecule has 1 aromatic heterocycles. The summed E-state index contributed by atoms with van der Waals surface area (Å²) in [5.41, 5.74) is 3.88. The van der Waals surface area contributed by atoms with Gasteiger partial charge >= 0.3 is 0 Å². The molecule has 0 unspecified atom stereocenters. The first-order valence-electron chi connectivity index (χ1n) is 7.14. The van der Waals surface area contributed by atoms with Gasteiger partial charge in [0.1, 0.15) is 5.75 Å². The zero-order chi connectivity index (χ0) is 13.9. The fraction of sp³-hybridized carbons (Fsp3) is 0.438. The topological polar surface area (TPSA) is 34.1 Å². The SMILES string of the molecule is CCc1ccc(OC)c(Cc2nc3c(s2)CNCC3)c1. The molecule has 3 nitrogen and oxygen atoms in total. The van der Waals surface area contributed by atoms with Crippen molar-refractivity contribution >= 4 is 11.3 Å². The predicted octanol–water partition coefficient (Wildman–Crippen LogP) is 2.95. The number of fused-ring (bicyclic) bond motifs is 1. The lowest BCUT2D eigenvalue weighted by Crippen LogP contribution is -2.22. The summed E-state index contributed by atoms with van der Waals surface area (Å²) >= 11 is 1.83. The van der Waals surface area contributed by atoms with E-state index >= 15 is 0 Å². The van der Waals surface area contributed by atoms with E-state index in [1.165, 1.54) is 26.7 Å². The van der Waals surface area contributed by atoms with Gasteiger partial charge in [0, 0.05) is 36.4 Å². The lowest BCUT2D eigenvalue weighted by atomic mass is 10.1. The number of rotatable bonds is 4. The zero-order valence-corrected chi connectivity index (χ0v) is 12.8. The van der Waals surface area contributed by atoms with E-state index < -0.39 is 0 Å². The number of aryl methyl sites for hydroxylation is 1. The van der Waals surface area contributed by atoms with E-state index in [9.17, 15) is 0 Å². The summed E-state index contributed by atoms with van der Waals surface area (Å²) in [6, 6.07) is 6.46. The standard InChI is InChI=1S/C16H20N2OS/c1-3-11-4-5-14(19-2)12(8-11)9-16-18-13-6-7-17-10-15(13)20-16/h4-5,8,17H,3,6-7,9-10H2,1-2H3. The van der Waals surface area contributed by atoms with Crippen LogP contribution in [0, 0.1) is 0 Å². The van der Waals surface area contributed by atoms with Gasteiger partial charge in [-0.1, -0.05) is 19.1 Å². The van der Waals surface area contributed by atoms with Crippen LogP contribution in [0.5, 0.6) is 5.75 Å². The van der Waals surface area contributed by atoms with Gasteiger partial charge in [0.05, 0.1) is 17.8 Å². The fourth-order valence-electron chi connectivity index (χ4n) is 2.61. The molecule has 1 aromatic carbocycles. The highest BCUT2D eigenvalue weighted by atomic mass is 32.1. The van der Waals surface area contributed by atoms with Crippen molar-refractivity contribution in [2.75, 3.05) is 13.7 Å². The third-order valence-corrected chi connectivity index (χ3v) is 4.84. The van der Waals surface area contributed by atoms with Crippen molar-refractivity contribution in [1.29, 1.82) is 0 Å². The number of benzene rings is 1. The molecule has 0 spiro atoms. The monoisotopic (exact) mass is 288 g/mol. The maximum absolute atomic E-state index is 5.48. The van der Waals surface area contributed by atoms with Crippen LogP contribution in [0.3, 0.4) is 0 Å². The number of thiazole rings is 1. The molecule has 1 N–H and O–H groups in total. The van der Waals surface area contributed by atoms with E-state index in [1.54, 1.807) is 7.11 Å². The molecule has 0 fully saturated rings. The number of nitrogens with zero attached hydrogens (tertiary/aromatic N) is 1. The van der Waals surface area contributed by atoms with Crippen LogP contribution in [0.25, 0.3) is 0 Å². The summed E-state index contributed by atoms with van der Waals surface area (Å²) in [6.45, 7) is 4.20. The van der Waals surface area contributed by atoms with E-state index in [2.05, 4.69) is 30.4 Å². The Balaban J connectivity index is 1.88. The third-order valence-electron chi connectivity index (χ3n) is 3.74. The van der Waals surface area contributed by atoms with Gasteiger partial charge in [-0.15, -0.1) is 11.3 Å². The number of nitrogens with one attached hydrogen (secondary N) is 1. The number of methoxy groups -OCH3 is 1. The van der Waals surface area contributed by atoms with Gasteiger partial charge in [0.25, 0.3) is 0 Å². The lowest BCUT2D eigenvalue weighted by Gasteiger charge is -2.09. The Kier molecular flexibility index (Phi) is 4.03. The molecular formula is C16H20N2OS. The quantitative estimate of drug-likeness (QED) is 0.939. The van der Waals surface area contributed by atoms with Crippen molar-refractivity contribution in [1.82, 2.24) is 10.3 Å². The fourth-order valence-corrected chi connectivity index (χ4v) is 3.72. The van der Waals surface area contributed by atoms with Crippen molar-refractivity contribution in [2.45, 2.75) is 32.7 Å². The number of aromatic nitrogens is 1. The van der Waals surface area contributed by atoms with Gasteiger partial charge in [-0.2, -0.15) is 0 Å². The molecule has 0 aliphatic carbocycles. The van der Waals surface area contributed by atoms with Crippen LogP contribution >= 0.6 is 11.3 Å². The van der Waals surface area contributed by atoms with Crippen molar-refractivity contribution in [2.24, 2.45) is 0 Å². The first kappa shape index (κ1) is 13.6. The molecule has 2 aromatic rings. The van der Waals surface area contributed by atoms with Gasteiger partial charge in [0.15, 0.2) is 0 Å². The van der Waals surface area contributed by atoms with Gasteiger partial charge in [0.2, 0.25) is 0 Å². The molecule has 20 heavy (non-hydrogen) atoms. The van der Waals surface area contributed by atoms with E-state index in [0.29, 0.717) is 0 Å². The molecule has 1 aliphatic rings. The van der Waals surface area contributed by atoms with Gasteiger partial charge in [-0.25, -0.2) is 4.98 Å². The molecule has 0 saturated carbocycles. The molecule has 0 bridgehead atoms. The average molecular weight is 288 g/mol. The van der Waals surface area contributed by atoms with E-state index in [-0.39, 0.29) is 0 Å². The van der Waals surface area contributed by atoms with Gasteiger partial charge < -0.3 is 10.1 Å². The van der Waals surface area contributed by atoms with E-state index in [0.717, 1.165) is 38.1 Å². The molecule has 1 aliphatic heterocycles. The minimum atomic E-state index is 0.870. The molecule has 0 radical (unpaired) electrons. The van der Waals surface area contributed by atoms with Crippen LogP contribution in [0.2, 0.25) is 0 Å². The molecule has 0 atom stereocenters. The van der Waals surface area contributed by atoms with Crippen molar-refractivity contribution in [3.8, 4) is 5.75 Å². The summed E-state index contributed by atoms with van der Waals surface area (Å²) in [7, 11) is 1.74. The van der Waals surface area contributed by atoms with Crippen LogP contribution in [-0.4, -0.2) is 18.6 Å². The van der Waals surface area contributed by atoms with Crippen molar-refractivity contribution in [3.05, 3.63) is 44.9 Å². The summed E-state index contributed by atoms with van der Waals surface area (Å²) in [4.78, 5) is 6.20. The summed E-state index contributed by atoms with van der Waals surface area (Å²) < 4.78 is 5.48. The molecule has 2 heterocycles. The normalized spacial score (nSPS) is 14.1. The molecule has 0 saturated heterocycles. The maximum Gasteiger partial charge on any atom is 0.122 e. The molecule has 4 heteroatoms. The second-order valence-electron chi connectivity index (χ2n) is 5.08. The maximum atomic E-state index is 5.48. The number of hydrogen-bond donors (Lipinski definition) is 1. The second-order valence-corrected chi connectivity index (χ2v) is 6.25. The second kappa shape index (κ2) is 5.94. The Labute approximate surface area is 124 Å². The summed E-state index contributed by atoms with van der Waals surface area (Å²) in [5.74, 6) is 0.966. The van der Waals surface area contributed by atoms with Crippen LogP contribution in [0.4, 0.5) is 0 Å². The average Bonchev–Trinajstić information content (AvgIpc) is 2.89. The Bertz CT molecular complexity index is 583. The van der Waals surface area contributed by atoms with Crippen molar-refractivity contribution in [3.63, 3.8) is 0 Å². The molecular weight excluding hydrogens is 268 g/mol. The summed E-state index contributed by atoms with van der Waals surface area (Å²) in [6.07, 6.45) is 2.97. The molecule has 3 rings (SSSR count). The number of hydrogen-bond acceptors (Lipinski definition) is 4. The Hall–Kier alpha value is -1.39. The van der Waals surface area contributed by atoms with Gasteiger partial charge in [-0.3, -0.25) is 0 Å². The van der Waals surface area contributed by atoms with E-state index in [1.807, 2.05) is 11.3 Å². The van der Waals surface area contributed by atoms with Crippen LogP contribution in [0.15, 0.2) is 18.2 Å². The van der Waals surface area contributed by atoms with Gasteiger partial charge in [-0.05, 0) is 18.1 Å². The molecule has 0 amide bonds. The number of ether oxygens (including phenoxy) is 1. The largest absolute Gasteiger partial charge is 0.496 e. The predicted molar refractivity (Wildman–Crippen MR) is 82.7 cm³/mol. The van der Waals surface area contributed by atoms with Crippen LogP contribution in [0.1, 0.15) is 33.6 Å². The highest BCUT2D eigenvalue weighted by Crippen LogP contribution is 2.27. The minimum Gasteiger partial charge on any atom is -0.496 e. The Morgan fingerprint density at radius 1 is 1.40 bits per heavy atom. The highest BCUT2D eigenvalue weighted by molar-refractivity contribution is 7.11. The van der Waals surface area contributed by atoms with Crippen molar-refractivity contribution < 1.29 is 4.74 Å². The van der Waals surface area contributed by atoms with E-state index in [4.69, 9.17) is 9.72 Å². The third kappa shape index (κ3) is 2.72. The van der Waals surface area contributed by atoms with Crippen LogP contribution < -0.4 is 10.1 Å². The first-order chi connectivity index (χ1) is 9.80. The lowest BCUT2D eigenvalue weighted by molar-refractivity contribution is 0.410. The highest BCUT2D eigenvalue weighted by Gasteiger charge is 2.16. The van der Waals surface area contributed by atoms with Crippen LogP contribution in [-0.2, 0) is 25.8 Å². The Morgan fingerprint density at radius 3 is 3.05 bits per heavy atom. The summed E-state index contributed by atoms with van der Waals surface area (Å²) in [5, 5.41) is 4.60. The Morgan fingerprint density at radius 2 is 2.30 bits per heavy atom. The minimum absolute atomic E-state index is 0.870. The smallest absolute Gasteiger partial charge is 0.122 e. The first-order valence-corrected chi connectivity index (χ1v) is 7.95. The molecule has 106 valence electrons.